The standard InChI is InChI=1S/C18H15ClN2O3/c19-14-6-4-13(5-7-14)18-21-16(12-24-18)11-17(22)23-10-8-15-3-1-2-9-20-15/h1-7,9,12H,8,10-11H2. The van der Waals surface area contributed by atoms with E-state index in [-0.39, 0.29) is 19.0 Å². The molecule has 5 nitrogen and oxygen atoms in total. The molecule has 0 saturated heterocycles. The first kappa shape index (κ1) is 16.2. The maximum absolute atomic E-state index is 11.9. The van der Waals surface area contributed by atoms with Crippen molar-refractivity contribution in [3.8, 4) is 11.5 Å². The molecule has 2 aromatic heterocycles. The van der Waals surface area contributed by atoms with Gasteiger partial charge in [-0.3, -0.25) is 9.78 Å². The zero-order valence-corrected chi connectivity index (χ0v) is 13.6. The molecule has 1 aromatic carbocycles. The molecule has 3 rings (SSSR count). The van der Waals surface area contributed by atoms with Gasteiger partial charge < -0.3 is 9.15 Å². The molecule has 0 atom stereocenters. The fraction of sp³-hybridized carbons (Fsp3) is 0.167. The van der Waals surface area contributed by atoms with Crippen molar-refractivity contribution in [3.63, 3.8) is 0 Å². The number of halogens is 1. The van der Waals surface area contributed by atoms with E-state index in [9.17, 15) is 4.79 Å². The van der Waals surface area contributed by atoms with Crippen LogP contribution >= 0.6 is 11.6 Å². The van der Waals surface area contributed by atoms with Gasteiger partial charge in [-0.25, -0.2) is 4.98 Å². The van der Waals surface area contributed by atoms with E-state index in [0.29, 0.717) is 23.0 Å². The topological polar surface area (TPSA) is 65.2 Å². The molecule has 0 bridgehead atoms. The van der Waals surface area contributed by atoms with Gasteiger partial charge in [0.25, 0.3) is 0 Å². The second-order valence-electron chi connectivity index (χ2n) is 5.12. The maximum atomic E-state index is 11.9. The number of carbonyl (C=O) groups excluding carboxylic acids is 1. The zero-order valence-electron chi connectivity index (χ0n) is 12.8. The van der Waals surface area contributed by atoms with E-state index >= 15 is 0 Å². The molecule has 122 valence electrons. The van der Waals surface area contributed by atoms with E-state index in [1.54, 1.807) is 18.3 Å². The summed E-state index contributed by atoms with van der Waals surface area (Å²) in [5, 5.41) is 0.641. The van der Waals surface area contributed by atoms with Crippen molar-refractivity contribution >= 4 is 17.6 Å². The molecular weight excluding hydrogens is 328 g/mol. The van der Waals surface area contributed by atoms with Crippen LogP contribution in [0.5, 0.6) is 0 Å². The molecule has 0 aliphatic heterocycles. The third-order valence-corrected chi connectivity index (χ3v) is 3.57. The molecule has 0 N–H and O–H groups in total. The number of esters is 1. The maximum Gasteiger partial charge on any atom is 0.312 e. The summed E-state index contributed by atoms with van der Waals surface area (Å²) >= 11 is 5.85. The third kappa shape index (κ3) is 4.43. The molecule has 0 unspecified atom stereocenters. The molecule has 0 spiro atoms. The van der Waals surface area contributed by atoms with E-state index in [4.69, 9.17) is 20.8 Å². The van der Waals surface area contributed by atoms with Crippen molar-refractivity contribution in [3.05, 3.63) is 71.3 Å². The normalized spacial score (nSPS) is 10.5. The smallest absolute Gasteiger partial charge is 0.312 e. The van der Waals surface area contributed by atoms with Gasteiger partial charge in [0.1, 0.15) is 6.26 Å². The highest BCUT2D eigenvalue weighted by Gasteiger charge is 2.11. The minimum absolute atomic E-state index is 0.0688. The molecule has 0 saturated carbocycles. The van der Waals surface area contributed by atoms with Crippen LogP contribution in [0.4, 0.5) is 0 Å². The van der Waals surface area contributed by atoms with Crippen LogP contribution in [0.3, 0.4) is 0 Å². The van der Waals surface area contributed by atoms with Crippen molar-refractivity contribution < 1.29 is 13.9 Å². The number of benzene rings is 1. The molecule has 6 heteroatoms. The molecule has 3 aromatic rings. The highest BCUT2D eigenvalue weighted by atomic mass is 35.5. The van der Waals surface area contributed by atoms with Crippen LogP contribution in [-0.2, 0) is 22.4 Å². The van der Waals surface area contributed by atoms with Gasteiger partial charge in [-0.2, -0.15) is 0 Å². The number of ether oxygens (including phenoxy) is 1. The van der Waals surface area contributed by atoms with Gasteiger partial charge >= 0.3 is 5.97 Å². The molecule has 0 radical (unpaired) electrons. The fourth-order valence-electron chi connectivity index (χ4n) is 2.13. The first-order valence-electron chi connectivity index (χ1n) is 7.46. The summed E-state index contributed by atoms with van der Waals surface area (Å²) in [6.07, 6.45) is 3.83. The fourth-order valence-corrected chi connectivity index (χ4v) is 2.25. The predicted molar refractivity (Wildman–Crippen MR) is 89.6 cm³/mol. The van der Waals surface area contributed by atoms with Gasteiger partial charge in [0.2, 0.25) is 5.89 Å². The summed E-state index contributed by atoms with van der Waals surface area (Å²) in [7, 11) is 0. The first-order valence-corrected chi connectivity index (χ1v) is 7.84. The van der Waals surface area contributed by atoms with Gasteiger partial charge in [-0.1, -0.05) is 17.7 Å². The lowest BCUT2D eigenvalue weighted by Crippen LogP contribution is -2.11. The molecule has 0 amide bonds. The lowest BCUT2D eigenvalue weighted by molar-refractivity contribution is -0.142. The van der Waals surface area contributed by atoms with Crippen molar-refractivity contribution in [2.24, 2.45) is 0 Å². The minimum Gasteiger partial charge on any atom is -0.465 e. The Labute approximate surface area is 144 Å². The number of oxazole rings is 1. The average molecular weight is 343 g/mol. The van der Waals surface area contributed by atoms with Gasteiger partial charge in [-0.05, 0) is 36.4 Å². The quantitative estimate of drug-likeness (QED) is 0.639. The summed E-state index contributed by atoms with van der Waals surface area (Å²) in [4.78, 5) is 20.3. The molecular formula is C18H15ClN2O3. The predicted octanol–water partition coefficient (Wildman–Crippen LogP) is 3.72. The molecule has 0 aliphatic carbocycles. The number of hydrogen-bond donors (Lipinski definition) is 0. The molecule has 0 fully saturated rings. The summed E-state index contributed by atoms with van der Waals surface area (Å²) < 4.78 is 10.6. The number of nitrogens with zero attached hydrogens (tertiary/aromatic N) is 2. The lowest BCUT2D eigenvalue weighted by Gasteiger charge is -2.03. The second-order valence-corrected chi connectivity index (χ2v) is 5.56. The van der Waals surface area contributed by atoms with E-state index in [1.807, 2.05) is 30.3 Å². The molecule has 2 heterocycles. The van der Waals surface area contributed by atoms with Crippen LogP contribution < -0.4 is 0 Å². The Balaban J connectivity index is 1.51. The van der Waals surface area contributed by atoms with Crippen molar-refractivity contribution in [1.29, 1.82) is 0 Å². The van der Waals surface area contributed by atoms with Gasteiger partial charge in [0.05, 0.1) is 18.7 Å². The second kappa shape index (κ2) is 7.75. The van der Waals surface area contributed by atoms with Crippen LogP contribution in [0.2, 0.25) is 5.02 Å². The number of pyridine rings is 1. The van der Waals surface area contributed by atoms with Crippen molar-refractivity contribution in [2.45, 2.75) is 12.8 Å². The first-order chi connectivity index (χ1) is 11.7. The van der Waals surface area contributed by atoms with E-state index in [2.05, 4.69) is 9.97 Å². The lowest BCUT2D eigenvalue weighted by atomic mass is 10.2. The zero-order chi connectivity index (χ0) is 16.8. The highest BCUT2D eigenvalue weighted by Crippen LogP contribution is 2.21. The van der Waals surface area contributed by atoms with Crippen molar-refractivity contribution in [2.75, 3.05) is 6.61 Å². The van der Waals surface area contributed by atoms with Gasteiger partial charge in [-0.15, -0.1) is 0 Å². The van der Waals surface area contributed by atoms with Gasteiger partial charge in [0, 0.05) is 28.9 Å². The Morgan fingerprint density at radius 2 is 1.96 bits per heavy atom. The summed E-state index contributed by atoms with van der Waals surface area (Å²) in [6.45, 7) is 0.289. The number of aromatic nitrogens is 2. The summed E-state index contributed by atoms with van der Waals surface area (Å²) in [5.41, 5.74) is 2.22. The monoisotopic (exact) mass is 342 g/mol. The number of hydrogen-bond acceptors (Lipinski definition) is 5. The van der Waals surface area contributed by atoms with Gasteiger partial charge in [0.15, 0.2) is 0 Å². The Morgan fingerprint density at radius 3 is 2.71 bits per heavy atom. The van der Waals surface area contributed by atoms with Crippen LogP contribution in [0, 0.1) is 0 Å². The highest BCUT2D eigenvalue weighted by molar-refractivity contribution is 6.30. The molecule has 24 heavy (non-hydrogen) atoms. The number of rotatable bonds is 6. The Kier molecular flexibility index (Phi) is 5.23. The summed E-state index contributed by atoms with van der Waals surface area (Å²) in [5.74, 6) is 0.102. The third-order valence-electron chi connectivity index (χ3n) is 3.32. The minimum atomic E-state index is -0.345. The van der Waals surface area contributed by atoms with E-state index in [0.717, 1.165) is 11.3 Å². The van der Waals surface area contributed by atoms with Crippen LogP contribution in [0.1, 0.15) is 11.4 Å². The van der Waals surface area contributed by atoms with Crippen LogP contribution in [0.15, 0.2) is 59.3 Å². The van der Waals surface area contributed by atoms with Crippen LogP contribution in [0.25, 0.3) is 11.5 Å². The van der Waals surface area contributed by atoms with E-state index < -0.39 is 0 Å². The Morgan fingerprint density at radius 1 is 1.12 bits per heavy atom. The average Bonchev–Trinajstić information content (AvgIpc) is 3.05. The molecule has 0 aliphatic rings. The SMILES string of the molecule is O=C(Cc1coc(-c2ccc(Cl)cc2)n1)OCCc1ccccn1. The Hall–Kier alpha value is -2.66. The van der Waals surface area contributed by atoms with Crippen LogP contribution in [-0.4, -0.2) is 22.5 Å². The largest absolute Gasteiger partial charge is 0.465 e. The van der Waals surface area contributed by atoms with E-state index in [1.165, 1.54) is 6.26 Å². The summed E-state index contributed by atoms with van der Waals surface area (Å²) in [6, 6.07) is 12.8. The number of carbonyl (C=O) groups is 1. The van der Waals surface area contributed by atoms with Crippen molar-refractivity contribution in [1.82, 2.24) is 9.97 Å². The Bertz CT molecular complexity index is 801.